The Hall–Kier alpha value is -2.14. The maximum absolute atomic E-state index is 12.2. The lowest BCUT2D eigenvalue weighted by Gasteiger charge is -2.13. The van der Waals surface area contributed by atoms with Gasteiger partial charge >= 0.3 is 0 Å². The highest BCUT2D eigenvalue weighted by Gasteiger charge is 2.15. The average Bonchev–Trinajstić information content (AvgIpc) is 2.87. The molecule has 1 aromatic carbocycles. The van der Waals surface area contributed by atoms with Gasteiger partial charge in [0.25, 0.3) is 5.91 Å². The van der Waals surface area contributed by atoms with Crippen LogP contribution in [0.25, 0.3) is 5.69 Å². The molecule has 0 bridgehead atoms. The van der Waals surface area contributed by atoms with Gasteiger partial charge in [-0.2, -0.15) is 5.10 Å². The molecular formula is C17H23N3O2. The van der Waals surface area contributed by atoms with Gasteiger partial charge in [-0.3, -0.25) is 4.79 Å². The minimum atomic E-state index is -0.520. The zero-order valence-corrected chi connectivity index (χ0v) is 13.3. The number of aliphatic hydroxyl groups excluding tert-OH is 1. The van der Waals surface area contributed by atoms with Gasteiger partial charge in [0.15, 0.2) is 0 Å². The van der Waals surface area contributed by atoms with E-state index in [1.807, 2.05) is 44.2 Å². The van der Waals surface area contributed by atoms with E-state index in [-0.39, 0.29) is 12.5 Å². The number of aliphatic hydroxyl groups is 1. The molecule has 22 heavy (non-hydrogen) atoms. The fourth-order valence-corrected chi connectivity index (χ4v) is 2.33. The van der Waals surface area contributed by atoms with Crippen molar-refractivity contribution in [3.05, 3.63) is 47.8 Å². The molecule has 0 aliphatic carbocycles. The van der Waals surface area contributed by atoms with E-state index in [1.54, 1.807) is 17.8 Å². The quantitative estimate of drug-likeness (QED) is 0.860. The molecule has 1 amide bonds. The number of hydrogen-bond donors (Lipinski definition) is 2. The van der Waals surface area contributed by atoms with Crippen molar-refractivity contribution >= 4 is 5.91 Å². The highest BCUT2D eigenvalue weighted by Crippen LogP contribution is 2.12. The van der Waals surface area contributed by atoms with Gasteiger partial charge in [-0.25, -0.2) is 4.68 Å². The molecule has 0 spiro atoms. The lowest BCUT2D eigenvalue weighted by atomic mass is 10.1. The van der Waals surface area contributed by atoms with Crippen molar-refractivity contribution in [3.63, 3.8) is 0 Å². The van der Waals surface area contributed by atoms with Crippen LogP contribution in [0, 0.1) is 12.8 Å². The van der Waals surface area contributed by atoms with E-state index in [1.165, 1.54) is 0 Å². The smallest absolute Gasteiger partial charge is 0.254 e. The number of aryl methyl sites for hydroxylation is 1. The Bertz CT molecular complexity index is 620. The molecule has 0 saturated carbocycles. The summed E-state index contributed by atoms with van der Waals surface area (Å²) in [6.07, 6.45) is 1.87. The van der Waals surface area contributed by atoms with Crippen LogP contribution < -0.4 is 5.32 Å². The minimum Gasteiger partial charge on any atom is -0.391 e. The van der Waals surface area contributed by atoms with Crippen molar-refractivity contribution in [3.8, 4) is 5.69 Å². The van der Waals surface area contributed by atoms with Gasteiger partial charge in [0.05, 0.1) is 23.0 Å². The molecule has 118 valence electrons. The zero-order chi connectivity index (χ0) is 16.1. The van der Waals surface area contributed by atoms with E-state index in [0.717, 1.165) is 5.69 Å². The molecule has 0 aliphatic heterocycles. The molecule has 1 aromatic heterocycles. The first-order valence-corrected chi connectivity index (χ1v) is 7.55. The number of carbonyl (C=O) groups excluding carboxylic acids is 1. The lowest BCUT2D eigenvalue weighted by molar-refractivity contribution is 0.0899. The van der Waals surface area contributed by atoms with Crippen LogP contribution in [-0.4, -0.2) is 33.4 Å². The number of rotatable bonds is 6. The van der Waals surface area contributed by atoms with Crippen LogP contribution in [0.5, 0.6) is 0 Å². The maximum atomic E-state index is 12.2. The first kappa shape index (κ1) is 16.2. The van der Waals surface area contributed by atoms with Crippen LogP contribution >= 0.6 is 0 Å². The third-order valence-electron chi connectivity index (χ3n) is 3.41. The molecule has 5 nitrogen and oxygen atoms in total. The SMILES string of the molecule is Cc1nn(-c2ccccc2)cc1C(=O)NCC(O)CC(C)C. The number of carbonyl (C=O) groups is 1. The third kappa shape index (κ3) is 4.18. The summed E-state index contributed by atoms with van der Waals surface area (Å²) in [4.78, 5) is 12.2. The fourth-order valence-electron chi connectivity index (χ4n) is 2.33. The molecule has 1 unspecified atom stereocenters. The summed E-state index contributed by atoms with van der Waals surface area (Å²) in [7, 11) is 0. The van der Waals surface area contributed by atoms with E-state index in [4.69, 9.17) is 0 Å². The zero-order valence-electron chi connectivity index (χ0n) is 13.3. The Kier molecular flexibility index (Phi) is 5.33. The highest BCUT2D eigenvalue weighted by atomic mass is 16.3. The van der Waals surface area contributed by atoms with E-state index < -0.39 is 6.10 Å². The molecule has 1 heterocycles. The number of benzene rings is 1. The molecule has 1 atom stereocenters. The summed E-state index contributed by atoms with van der Waals surface area (Å²) < 4.78 is 1.69. The number of amides is 1. The van der Waals surface area contributed by atoms with Gasteiger partial charge in [-0.15, -0.1) is 0 Å². The van der Waals surface area contributed by atoms with Gasteiger partial charge in [-0.1, -0.05) is 32.0 Å². The summed E-state index contributed by atoms with van der Waals surface area (Å²) in [5.74, 6) is 0.192. The number of nitrogens with one attached hydrogen (secondary N) is 1. The van der Waals surface area contributed by atoms with Crippen LogP contribution in [0.15, 0.2) is 36.5 Å². The summed E-state index contributed by atoms with van der Waals surface area (Å²) in [6.45, 7) is 6.14. The largest absolute Gasteiger partial charge is 0.391 e. The van der Waals surface area contributed by atoms with Crippen molar-refractivity contribution in [2.75, 3.05) is 6.54 Å². The van der Waals surface area contributed by atoms with Crippen LogP contribution in [-0.2, 0) is 0 Å². The first-order valence-electron chi connectivity index (χ1n) is 7.55. The first-order chi connectivity index (χ1) is 10.5. The van der Waals surface area contributed by atoms with E-state index >= 15 is 0 Å². The summed E-state index contributed by atoms with van der Waals surface area (Å²) in [5.41, 5.74) is 2.10. The number of nitrogens with zero attached hydrogens (tertiary/aromatic N) is 2. The summed E-state index contributed by atoms with van der Waals surface area (Å²) in [5, 5.41) is 17.0. The van der Waals surface area contributed by atoms with Crippen molar-refractivity contribution in [2.45, 2.75) is 33.3 Å². The van der Waals surface area contributed by atoms with Crippen molar-refractivity contribution in [2.24, 2.45) is 5.92 Å². The monoisotopic (exact) mass is 301 g/mol. The molecule has 0 fully saturated rings. The van der Waals surface area contributed by atoms with Gasteiger partial charge in [0.1, 0.15) is 0 Å². The Balaban J connectivity index is 2.03. The molecule has 0 aliphatic rings. The van der Waals surface area contributed by atoms with Crippen molar-refractivity contribution in [1.82, 2.24) is 15.1 Å². The number of para-hydroxylation sites is 1. The molecule has 2 aromatic rings. The van der Waals surface area contributed by atoms with Gasteiger partial charge < -0.3 is 10.4 Å². The Morgan fingerprint density at radius 1 is 1.32 bits per heavy atom. The lowest BCUT2D eigenvalue weighted by Crippen LogP contribution is -2.32. The molecule has 0 radical (unpaired) electrons. The second-order valence-corrected chi connectivity index (χ2v) is 5.90. The predicted molar refractivity (Wildman–Crippen MR) is 86.1 cm³/mol. The second kappa shape index (κ2) is 7.22. The summed E-state index contributed by atoms with van der Waals surface area (Å²) >= 11 is 0. The highest BCUT2D eigenvalue weighted by molar-refractivity contribution is 5.95. The Morgan fingerprint density at radius 2 is 2.00 bits per heavy atom. The molecule has 0 saturated heterocycles. The minimum absolute atomic E-state index is 0.206. The average molecular weight is 301 g/mol. The topological polar surface area (TPSA) is 67.2 Å². The van der Waals surface area contributed by atoms with Crippen molar-refractivity contribution < 1.29 is 9.90 Å². The number of aromatic nitrogens is 2. The Labute approximate surface area is 131 Å². The van der Waals surface area contributed by atoms with Crippen LogP contribution in [0.3, 0.4) is 0 Å². The molecule has 2 rings (SSSR count). The van der Waals surface area contributed by atoms with Crippen LogP contribution in [0.1, 0.15) is 36.3 Å². The van der Waals surface area contributed by atoms with E-state index in [0.29, 0.717) is 23.6 Å². The van der Waals surface area contributed by atoms with Crippen LogP contribution in [0.2, 0.25) is 0 Å². The van der Waals surface area contributed by atoms with Crippen molar-refractivity contribution in [1.29, 1.82) is 0 Å². The van der Waals surface area contributed by atoms with Gasteiger partial charge in [-0.05, 0) is 31.4 Å². The van der Waals surface area contributed by atoms with E-state index in [9.17, 15) is 9.90 Å². The summed E-state index contributed by atoms with van der Waals surface area (Å²) in [6, 6.07) is 9.65. The number of hydrogen-bond acceptors (Lipinski definition) is 3. The normalized spacial score (nSPS) is 12.4. The predicted octanol–water partition coefficient (Wildman–Crippen LogP) is 2.32. The fraction of sp³-hybridized carbons (Fsp3) is 0.412. The van der Waals surface area contributed by atoms with E-state index in [2.05, 4.69) is 10.4 Å². The molecular weight excluding hydrogens is 278 g/mol. The third-order valence-corrected chi connectivity index (χ3v) is 3.41. The molecule has 2 N–H and O–H groups in total. The maximum Gasteiger partial charge on any atom is 0.254 e. The van der Waals surface area contributed by atoms with Gasteiger partial charge in [0.2, 0.25) is 0 Å². The second-order valence-electron chi connectivity index (χ2n) is 5.90. The Morgan fingerprint density at radius 3 is 2.64 bits per heavy atom. The standard InChI is InChI=1S/C17H23N3O2/c1-12(2)9-15(21)10-18-17(22)16-11-20(19-13(16)3)14-7-5-4-6-8-14/h4-8,11-12,15,21H,9-10H2,1-3H3,(H,18,22). The van der Waals surface area contributed by atoms with Gasteiger partial charge in [0, 0.05) is 12.7 Å². The van der Waals surface area contributed by atoms with Crippen LogP contribution in [0.4, 0.5) is 0 Å². The molecule has 5 heteroatoms.